The number of unbranched alkanes of at least 4 members (excludes halogenated alkanes) is 9. The molecule has 0 radical (unpaired) electrons. The monoisotopic (exact) mass is 812 g/mol. The third-order valence-electron chi connectivity index (χ3n) is 8.72. The number of hydrogen-bond donors (Lipinski definition) is 2. The Labute approximate surface area is 340 Å². The summed E-state index contributed by atoms with van der Waals surface area (Å²) < 4.78 is 33.7. The lowest BCUT2D eigenvalue weighted by molar-refractivity contribution is -0.870. The normalized spacial score (nSPS) is 15.4. The summed E-state index contributed by atoms with van der Waals surface area (Å²) in [5.41, 5.74) is 0. The Bertz CT molecular complexity index is 1180. The van der Waals surface area contributed by atoms with E-state index < -0.39 is 44.7 Å². The minimum absolute atomic E-state index is 0.0687. The van der Waals surface area contributed by atoms with Crippen LogP contribution in [-0.4, -0.2) is 92.5 Å². The van der Waals surface area contributed by atoms with Gasteiger partial charge in [-0.2, -0.15) is 0 Å². The summed E-state index contributed by atoms with van der Waals surface area (Å²) in [4.78, 5) is 37.5. The first-order chi connectivity index (χ1) is 26.8. The molecule has 0 aromatic carbocycles. The van der Waals surface area contributed by atoms with E-state index in [2.05, 4.69) is 68.5 Å². The van der Waals surface area contributed by atoms with Gasteiger partial charge in [0.2, 0.25) is 0 Å². The van der Waals surface area contributed by atoms with Crippen LogP contribution in [0.5, 0.6) is 0 Å². The first-order valence-corrected chi connectivity index (χ1v) is 22.6. The van der Waals surface area contributed by atoms with Crippen molar-refractivity contribution in [2.24, 2.45) is 0 Å². The van der Waals surface area contributed by atoms with Gasteiger partial charge in [-0.3, -0.25) is 14.2 Å². The molecule has 1 unspecified atom stereocenters. The SMILES string of the molecule is CC/C=C\C/C=C\C/C=C\C/C=C\CCCCC(=O)OC[C@H](COP(=O)([O-])OCC[N+](C)(C)C)OC(=O)CCCCCCC[C@H](O)[C@@H](O)C/C=C\CCCCC. The van der Waals surface area contributed by atoms with Crippen molar-refractivity contribution < 1.29 is 52.3 Å². The summed E-state index contributed by atoms with van der Waals surface area (Å²) in [7, 11) is 1.03. The van der Waals surface area contributed by atoms with Crippen molar-refractivity contribution in [2.45, 2.75) is 161 Å². The highest BCUT2D eigenvalue weighted by molar-refractivity contribution is 7.45. The Morgan fingerprint density at radius 3 is 1.86 bits per heavy atom. The Morgan fingerprint density at radius 2 is 1.21 bits per heavy atom. The predicted octanol–water partition coefficient (Wildman–Crippen LogP) is 8.99. The van der Waals surface area contributed by atoms with Gasteiger partial charge in [-0.25, -0.2) is 0 Å². The van der Waals surface area contributed by atoms with Gasteiger partial charge in [-0.15, -0.1) is 0 Å². The van der Waals surface area contributed by atoms with Crippen LogP contribution in [0.3, 0.4) is 0 Å². The van der Waals surface area contributed by atoms with Crippen LogP contribution in [0, 0.1) is 0 Å². The lowest BCUT2D eigenvalue weighted by atomic mass is 10.0. The number of aliphatic hydroxyl groups excluding tert-OH is 2. The molecule has 4 atom stereocenters. The van der Waals surface area contributed by atoms with Crippen LogP contribution < -0.4 is 4.89 Å². The summed E-state index contributed by atoms with van der Waals surface area (Å²) in [6.45, 7) is 3.80. The molecule has 0 amide bonds. The van der Waals surface area contributed by atoms with Crippen LogP contribution in [0.25, 0.3) is 0 Å². The number of likely N-dealkylation sites (N-methyl/N-ethyl adjacent to an activating group) is 1. The molecule has 11 nitrogen and oxygen atoms in total. The number of carbonyl (C=O) groups excluding carboxylic acids is 2. The molecule has 0 aromatic heterocycles. The first-order valence-electron chi connectivity index (χ1n) is 21.2. The molecule has 0 aliphatic carbocycles. The van der Waals surface area contributed by atoms with E-state index in [9.17, 15) is 29.3 Å². The lowest BCUT2D eigenvalue weighted by Crippen LogP contribution is -2.37. The van der Waals surface area contributed by atoms with Gasteiger partial charge in [0.1, 0.15) is 19.8 Å². The maximum atomic E-state index is 12.7. The zero-order chi connectivity index (χ0) is 41.8. The van der Waals surface area contributed by atoms with Gasteiger partial charge >= 0.3 is 11.9 Å². The second-order valence-electron chi connectivity index (χ2n) is 15.3. The van der Waals surface area contributed by atoms with Crippen molar-refractivity contribution in [3.63, 3.8) is 0 Å². The van der Waals surface area contributed by atoms with Crippen LogP contribution in [0.4, 0.5) is 0 Å². The first kappa shape index (κ1) is 53.6. The fourth-order valence-electron chi connectivity index (χ4n) is 5.25. The number of phosphoric acid groups is 1. The summed E-state index contributed by atoms with van der Waals surface area (Å²) in [6.07, 6.45) is 34.2. The van der Waals surface area contributed by atoms with E-state index in [1.54, 1.807) is 0 Å². The van der Waals surface area contributed by atoms with Gasteiger partial charge in [0.05, 0.1) is 40.0 Å². The van der Waals surface area contributed by atoms with Crippen molar-refractivity contribution in [3.8, 4) is 0 Å². The van der Waals surface area contributed by atoms with E-state index >= 15 is 0 Å². The summed E-state index contributed by atoms with van der Waals surface area (Å²) in [5.74, 6) is -1.00. The molecule has 2 N–H and O–H groups in total. The van der Waals surface area contributed by atoms with E-state index in [1.807, 2.05) is 27.2 Å². The summed E-state index contributed by atoms with van der Waals surface area (Å²) in [6, 6.07) is 0. The molecule has 56 heavy (non-hydrogen) atoms. The number of ether oxygens (including phenoxy) is 2. The second kappa shape index (κ2) is 35.8. The summed E-state index contributed by atoms with van der Waals surface area (Å²) >= 11 is 0. The molecule has 0 aromatic rings. The van der Waals surface area contributed by atoms with Gasteiger partial charge in [-0.05, 0) is 77.0 Å². The highest BCUT2D eigenvalue weighted by Gasteiger charge is 2.22. The minimum atomic E-state index is -4.68. The molecule has 324 valence electrons. The van der Waals surface area contributed by atoms with E-state index in [-0.39, 0.29) is 26.1 Å². The number of hydrogen-bond acceptors (Lipinski definition) is 10. The van der Waals surface area contributed by atoms with E-state index in [1.165, 1.54) is 12.8 Å². The van der Waals surface area contributed by atoms with Crippen LogP contribution in [0.1, 0.15) is 142 Å². The van der Waals surface area contributed by atoms with Crippen LogP contribution in [0.2, 0.25) is 0 Å². The third kappa shape index (κ3) is 37.2. The molecule has 0 rings (SSSR count). The van der Waals surface area contributed by atoms with Gasteiger partial charge < -0.3 is 38.1 Å². The van der Waals surface area contributed by atoms with Crippen molar-refractivity contribution in [1.29, 1.82) is 0 Å². The molecule has 0 saturated heterocycles. The zero-order valence-corrected chi connectivity index (χ0v) is 36.4. The molecule has 0 heterocycles. The number of carbonyl (C=O) groups is 2. The quantitative estimate of drug-likeness (QED) is 0.0205. The Hall–Kier alpha value is -2.37. The molecule has 0 fully saturated rings. The minimum Gasteiger partial charge on any atom is -0.756 e. The van der Waals surface area contributed by atoms with Crippen molar-refractivity contribution in [3.05, 3.63) is 60.8 Å². The maximum Gasteiger partial charge on any atom is 0.306 e. The Kier molecular flexibility index (Phi) is 34.3. The Morgan fingerprint density at radius 1 is 0.661 bits per heavy atom. The Balaban J connectivity index is 4.59. The number of quaternary nitrogens is 1. The fraction of sp³-hybridized carbons (Fsp3) is 0.727. The third-order valence-corrected chi connectivity index (χ3v) is 9.69. The highest BCUT2D eigenvalue weighted by atomic mass is 31.2. The zero-order valence-electron chi connectivity index (χ0n) is 35.5. The van der Waals surface area contributed by atoms with Crippen molar-refractivity contribution in [1.82, 2.24) is 0 Å². The largest absolute Gasteiger partial charge is 0.756 e. The highest BCUT2D eigenvalue weighted by Crippen LogP contribution is 2.38. The molecule has 0 aliphatic heterocycles. The van der Waals surface area contributed by atoms with Gasteiger partial charge in [-0.1, -0.05) is 113 Å². The average Bonchev–Trinajstić information content (AvgIpc) is 3.14. The number of phosphoric ester groups is 1. The van der Waals surface area contributed by atoms with Crippen LogP contribution in [0.15, 0.2) is 60.8 Å². The average molecular weight is 812 g/mol. The van der Waals surface area contributed by atoms with Crippen LogP contribution >= 0.6 is 7.82 Å². The van der Waals surface area contributed by atoms with E-state index in [4.69, 9.17) is 18.5 Å². The van der Waals surface area contributed by atoms with E-state index in [0.717, 1.165) is 77.0 Å². The van der Waals surface area contributed by atoms with E-state index in [0.29, 0.717) is 36.7 Å². The standard InChI is InChI=1S/C44H78NO10P/c1-6-8-10-12-14-15-16-17-18-19-20-21-22-26-30-34-43(48)52-38-40(39-54-56(50,51)53-37-36-45(3,4)5)55-44(49)35-31-27-23-25-29-33-42(47)41(46)32-28-24-13-11-9-7-2/h8,10,14-15,17-18,20-21,24,28,40-42,46-47H,6-7,9,11-13,16,19,22-23,25-27,29-39H2,1-5H3/b10-8-,15-14-,18-17-,21-20-,28-24-/t40-,41+,42+/m1/s1. The lowest BCUT2D eigenvalue weighted by Gasteiger charge is -2.28. The summed E-state index contributed by atoms with van der Waals surface area (Å²) in [5, 5.41) is 20.5. The van der Waals surface area contributed by atoms with Crippen molar-refractivity contribution in [2.75, 3.05) is 47.5 Å². The smallest absolute Gasteiger partial charge is 0.306 e. The maximum absolute atomic E-state index is 12.7. The molecule has 0 saturated carbocycles. The predicted molar refractivity (Wildman–Crippen MR) is 225 cm³/mol. The number of nitrogens with zero attached hydrogens (tertiary/aromatic N) is 1. The topological polar surface area (TPSA) is 152 Å². The van der Waals surface area contributed by atoms with Crippen molar-refractivity contribution >= 4 is 19.8 Å². The van der Waals surface area contributed by atoms with Gasteiger partial charge in [0.25, 0.3) is 7.82 Å². The fourth-order valence-corrected chi connectivity index (χ4v) is 5.98. The molecular weight excluding hydrogens is 733 g/mol. The number of aliphatic hydroxyl groups is 2. The second-order valence-corrected chi connectivity index (χ2v) is 16.7. The van der Waals surface area contributed by atoms with Gasteiger partial charge in [0.15, 0.2) is 6.10 Å². The van der Waals surface area contributed by atoms with Crippen LogP contribution in [-0.2, 0) is 32.7 Å². The number of rotatable bonds is 37. The number of allylic oxidation sites excluding steroid dienone is 9. The molecule has 0 bridgehead atoms. The molecule has 0 spiro atoms. The molecular formula is C44H78NO10P. The van der Waals surface area contributed by atoms with Gasteiger partial charge in [0, 0.05) is 12.8 Å². The number of esters is 2. The molecule has 12 heteroatoms. The molecule has 0 aliphatic rings.